The van der Waals surface area contributed by atoms with Crippen LogP contribution in [0.2, 0.25) is 0 Å². The molecule has 0 unspecified atom stereocenters. The summed E-state index contributed by atoms with van der Waals surface area (Å²) in [6.45, 7) is 3.66. The number of piperazine rings is 1. The van der Waals surface area contributed by atoms with Gasteiger partial charge >= 0.3 is 6.09 Å². The number of nitro groups is 1. The highest BCUT2D eigenvalue weighted by atomic mass is 32.2. The molecular weight excluding hydrogens is 482 g/mol. The van der Waals surface area contributed by atoms with Crippen molar-refractivity contribution in [1.29, 1.82) is 0 Å². The minimum absolute atomic E-state index is 0.0742. The molecule has 34 heavy (non-hydrogen) atoms. The number of fused-ring (bicyclic) bond motifs is 1. The largest absolute Gasteiger partial charge is 0.450 e. The lowest BCUT2D eigenvalue weighted by molar-refractivity contribution is -0.384. The fourth-order valence-corrected chi connectivity index (χ4v) is 5.67. The van der Waals surface area contributed by atoms with Crippen LogP contribution < -0.4 is 5.56 Å². The van der Waals surface area contributed by atoms with Crippen LogP contribution in [0.4, 0.5) is 10.5 Å². The molecule has 1 saturated heterocycles. The first kappa shape index (κ1) is 24.1. The number of rotatable bonds is 6. The predicted molar refractivity (Wildman–Crippen MR) is 127 cm³/mol. The van der Waals surface area contributed by atoms with E-state index in [0.29, 0.717) is 60.6 Å². The van der Waals surface area contributed by atoms with Gasteiger partial charge in [0.15, 0.2) is 5.16 Å². The summed E-state index contributed by atoms with van der Waals surface area (Å²) in [5.41, 5.74) is 0.855. The van der Waals surface area contributed by atoms with Crippen molar-refractivity contribution in [2.45, 2.75) is 23.4 Å². The molecule has 1 aromatic heterocycles. The SMILES string of the molecule is CCOC(=O)N1CCN(C(=O)CSc2nc3c(c(=O)n2-c2ccc([N+](=O)[O-])cc2)SCC3)CC1. The molecule has 0 aliphatic carbocycles. The van der Waals surface area contributed by atoms with E-state index < -0.39 is 4.92 Å². The zero-order valence-electron chi connectivity index (χ0n) is 18.5. The normalized spacial score (nSPS) is 15.2. The minimum Gasteiger partial charge on any atom is -0.450 e. The molecule has 0 N–H and O–H groups in total. The van der Waals surface area contributed by atoms with E-state index in [4.69, 9.17) is 4.74 Å². The van der Waals surface area contributed by atoms with Crippen LogP contribution in [0.15, 0.2) is 39.1 Å². The van der Waals surface area contributed by atoms with Gasteiger partial charge in [0.2, 0.25) is 5.91 Å². The van der Waals surface area contributed by atoms with Crippen LogP contribution in [0.3, 0.4) is 0 Å². The monoisotopic (exact) mass is 505 g/mol. The number of nitro benzene ring substituents is 1. The fraction of sp³-hybridized carbons (Fsp3) is 0.429. The van der Waals surface area contributed by atoms with Crippen LogP contribution >= 0.6 is 23.5 Å². The fourth-order valence-electron chi connectivity index (χ4n) is 3.71. The molecule has 2 aliphatic rings. The van der Waals surface area contributed by atoms with E-state index in [1.165, 1.54) is 40.6 Å². The lowest BCUT2D eigenvalue weighted by Gasteiger charge is -2.34. The molecule has 1 aromatic carbocycles. The number of benzene rings is 1. The molecule has 2 aliphatic heterocycles. The maximum Gasteiger partial charge on any atom is 0.409 e. The Bertz CT molecular complexity index is 1160. The van der Waals surface area contributed by atoms with E-state index >= 15 is 0 Å². The second-order valence-electron chi connectivity index (χ2n) is 7.54. The van der Waals surface area contributed by atoms with Gasteiger partial charge in [-0.15, -0.1) is 11.8 Å². The summed E-state index contributed by atoms with van der Waals surface area (Å²) in [5, 5.41) is 11.4. The summed E-state index contributed by atoms with van der Waals surface area (Å²) in [5.74, 6) is 0.716. The maximum absolute atomic E-state index is 13.2. The van der Waals surface area contributed by atoms with Crippen molar-refractivity contribution in [3.05, 3.63) is 50.4 Å². The topological polar surface area (TPSA) is 128 Å². The zero-order chi connectivity index (χ0) is 24.2. The van der Waals surface area contributed by atoms with Gasteiger partial charge in [0.25, 0.3) is 11.2 Å². The molecule has 4 rings (SSSR count). The summed E-state index contributed by atoms with van der Waals surface area (Å²) in [6, 6.07) is 5.69. The molecule has 11 nitrogen and oxygen atoms in total. The highest BCUT2D eigenvalue weighted by Crippen LogP contribution is 2.30. The quantitative estimate of drug-likeness (QED) is 0.251. The first-order valence-corrected chi connectivity index (χ1v) is 12.7. The van der Waals surface area contributed by atoms with Crippen LogP contribution in [0.5, 0.6) is 0 Å². The Morgan fingerprint density at radius 3 is 2.50 bits per heavy atom. The number of amides is 2. The average Bonchev–Trinajstić information content (AvgIpc) is 3.32. The third kappa shape index (κ3) is 5.04. The number of hydrogen-bond acceptors (Lipinski definition) is 9. The lowest BCUT2D eigenvalue weighted by Crippen LogP contribution is -2.51. The highest BCUT2D eigenvalue weighted by molar-refractivity contribution is 8.00. The van der Waals surface area contributed by atoms with E-state index in [2.05, 4.69) is 4.98 Å². The Labute approximate surface area is 203 Å². The van der Waals surface area contributed by atoms with Gasteiger partial charge in [0, 0.05) is 50.5 Å². The van der Waals surface area contributed by atoms with Crippen LogP contribution in [-0.2, 0) is 16.0 Å². The Morgan fingerprint density at radius 1 is 1.18 bits per heavy atom. The van der Waals surface area contributed by atoms with Crippen molar-refractivity contribution in [2.75, 3.05) is 44.3 Å². The van der Waals surface area contributed by atoms with E-state index in [0.717, 1.165) is 17.5 Å². The summed E-state index contributed by atoms with van der Waals surface area (Å²) < 4.78 is 6.42. The van der Waals surface area contributed by atoms with Crippen molar-refractivity contribution in [2.24, 2.45) is 0 Å². The second-order valence-corrected chi connectivity index (χ2v) is 9.59. The van der Waals surface area contributed by atoms with Gasteiger partial charge in [-0.05, 0) is 19.1 Å². The first-order chi connectivity index (χ1) is 16.4. The molecule has 0 radical (unpaired) electrons. The van der Waals surface area contributed by atoms with Crippen LogP contribution in [0, 0.1) is 10.1 Å². The zero-order valence-corrected chi connectivity index (χ0v) is 20.1. The number of carbonyl (C=O) groups is 2. The standard InChI is InChI=1S/C21H23N5O6S2/c1-2-32-21(29)24-10-8-23(9-11-24)17(27)13-34-20-22-16-7-12-33-18(16)19(28)25(20)14-3-5-15(6-4-14)26(30)31/h3-6H,2,7-13H2,1H3. The Kier molecular flexibility index (Phi) is 7.41. The van der Waals surface area contributed by atoms with Crippen molar-refractivity contribution in [1.82, 2.24) is 19.4 Å². The Morgan fingerprint density at radius 2 is 1.85 bits per heavy atom. The van der Waals surface area contributed by atoms with E-state index in [1.807, 2.05) is 0 Å². The van der Waals surface area contributed by atoms with Crippen LogP contribution in [0.25, 0.3) is 5.69 Å². The van der Waals surface area contributed by atoms with Gasteiger partial charge in [-0.2, -0.15) is 0 Å². The smallest absolute Gasteiger partial charge is 0.409 e. The van der Waals surface area contributed by atoms with Gasteiger partial charge in [0.05, 0.1) is 33.6 Å². The summed E-state index contributed by atoms with van der Waals surface area (Å²) in [7, 11) is 0. The molecule has 0 atom stereocenters. The maximum atomic E-state index is 13.2. The van der Waals surface area contributed by atoms with Gasteiger partial charge in [0.1, 0.15) is 0 Å². The highest BCUT2D eigenvalue weighted by Gasteiger charge is 2.27. The number of ether oxygens (including phenoxy) is 1. The van der Waals surface area contributed by atoms with E-state index in [9.17, 15) is 24.5 Å². The third-order valence-electron chi connectivity index (χ3n) is 5.47. The molecule has 2 amide bonds. The number of thioether (sulfide) groups is 2. The molecule has 0 saturated carbocycles. The Hall–Kier alpha value is -3.06. The second kappa shape index (κ2) is 10.5. The van der Waals surface area contributed by atoms with Crippen LogP contribution in [-0.4, -0.2) is 80.6 Å². The molecule has 3 heterocycles. The molecule has 2 aromatic rings. The number of aryl methyl sites for hydroxylation is 1. The van der Waals surface area contributed by atoms with Gasteiger partial charge in [-0.25, -0.2) is 9.78 Å². The van der Waals surface area contributed by atoms with Crippen molar-refractivity contribution in [3.63, 3.8) is 0 Å². The Balaban J connectivity index is 1.50. The summed E-state index contributed by atoms with van der Waals surface area (Å²) in [6.07, 6.45) is 0.296. The molecular formula is C21H23N5O6S2. The van der Waals surface area contributed by atoms with Crippen LogP contribution in [0.1, 0.15) is 12.6 Å². The number of non-ortho nitro benzene ring substituents is 1. The molecule has 0 bridgehead atoms. The lowest BCUT2D eigenvalue weighted by atomic mass is 10.2. The predicted octanol–water partition coefficient (Wildman–Crippen LogP) is 2.18. The molecule has 13 heteroatoms. The number of hydrogen-bond donors (Lipinski definition) is 0. The molecule has 1 fully saturated rings. The summed E-state index contributed by atoms with van der Waals surface area (Å²) >= 11 is 2.60. The van der Waals surface area contributed by atoms with Crippen molar-refractivity contribution in [3.8, 4) is 5.69 Å². The first-order valence-electron chi connectivity index (χ1n) is 10.7. The van der Waals surface area contributed by atoms with Crippen molar-refractivity contribution >= 4 is 41.2 Å². The number of nitrogens with zero attached hydrogens (tertiary/aromatic N) is 5. The molecule has 180 valence electrons. The van der Waals surface area contributed by atoms with E-state index in [-0.39, 0.29) is 29.0 Å². The van der Waals surface area contributed by atoms with Crippen molar-refractivity contribution < 1.29 is 19.2 Å². The van der Waals surface area contributed by atoms with Gasteiger partial charge in [-0.3, -0.25) is 24.3 Å². The third-order valence-corrected chi connectivity index (χ3v) is 7.50. The van der Waals surface area contributed by atoms with Gasteiger partial charge in [-0.1, -0.05) is 11.8 Å². The number of carbonyl (C=O) groups excluding carboxylic acids is 2. The van der Waals surface area contributed by atoms with E-state index in [1.54, 1.807) is 16.7 Å². The summed E-state index contributed by atoms with van der Waals surface area (Å²) in [4.78, 5) is 56.9. The van der Waals surface area contributed by atoms with Gasteiger partial charge < -0.3 is 14.5 Å². The molecule has 0 spiro atoms. The number of aromatic nitrogens is 2. The minimum atomic E-state index is -0.501. The average molecular weight is 506 g/mol.